The summed E-state index contributed by atoms with van der Waals surface area (Å²) in [4.78, 5) is 27.0. The van der Waals surface area contributed by atoms with Crippen molar-refractivity contribution in [3.63, 3.8) is 0 Å². The molecule has 1 unspecified atom stereocenters. The van der Waals surface area contributed by atoms with Crippen molar-refractivity contribution in [2.75, 3.05) is 5.01 Å². The summed E-state index contributed by atoms with van der Waals surface area (Å²) >= 11 is 0. The first-order valence-corrected chi connectivity index (χ1v) is 6.78. The summed E-state index contributed by atoms with van der Waals surface area (Å²) in [5.74, 6) is -3.71. The molecule has 1 atom stereocenters. The lowest BCUT2D eigenvalue weighted by atomic mass is 9.93. The van der Waals surface area contributed by atoms with E-state index in [2.05, 4.69) is 10.1 Å². The highest BCUT2D eigenvalue weighted by Gasteiger charge is 2.38. The topological polar surface area (TPSA) is 82.9 Å². The van der Waals surface area contributed by atoms with Crippen LogP contribution in [0.15, 0.2) is 23.4 Å². The number of aromatic nitrogens is 1. The van der Waals surface area contributed by atoms with Gasteiger partial charge in [-0.2, -0.15) is 23.3 Å². The van der Waals surface area contributed by atoms with Crippen LogP contribution in [0.4, 0.5) is 19.0 Å². The number of nitrogens with zero attached hydrogens (tertiary/aromatic N) is 3. The summed E-state index contributed by atoms with van der Waals surface area (Å²) in [5.41, 5.74) is -0.493. The van der Waals surface area contributed by atoms with Crippen LogP contribution in [0.1, 0.15) is 25.8 Å². The number of hydrazone groups is 1. The summed E-state index contributed by atoms with van der Waals surface area (Å²) in [6.45, 7) is 3.57. The molecule has 1 aromatic heterocycles. The van der Waals surface area contributed by atoms with E-state index in [9.17, 15) is 22.8 Å². The predicted molar refractivity (Wildman–Crippen MR) is 74.7 cm³/mol. The number of pyridine rings is 1. The van der Waals surface area contributed by atoms with Crippen LogP contribution >= 0.6 is 0 Å². The van der Waals surface area contributed by atoms with Gasteiger partial charge < -0.3 is 5.11 Å². The van der Waals surface area contributed by atoms with Gasteiger partial charge >= 0.3 is 12.1 Å². The molecular weight excluding hydrogens is 315 g/mol. The fourth-order valence-electron chi connectivity index (χ4n) is 2.05. The molecule has 0 spiro atoms. The summed E-state index contributed by atoms with van der Waals surface area (Å²) in [7, 11) is 0. The van der Waals surface area contributed by atoms with E-state index < -0.39 is 29.5 Å². The third-order valence-corrected chi connectivity index (χ3v) is 3.41. The molecule has 0 saturated heterocycles. The maximum Gasteiger partial charge on any atom is 0.417 e. The number of hydrogen-bond donors (Lipinski definition) is 1. The van der Waals surface area contributed by atoms with E-state index in [0.717, 1.165) is 17.1 Å². The second kappa shape index (κ2) is 5.98. The van der Waals surface area contributed by atoms with Crippen molar-refractivity contribution >= 4 is 23.4 Å². The number of rotatable bonds is 3. The number of alkyl halides is 3. The minimum atomic E-state index is -4.55. The fraction of sp³-hybridized carbons (Fsp3) is 0.429. The van der Waals surface area contributed by atoms with Gasteiger partial charge in [-0.25, -0.2) is 4.98 Å². The molecule has 1 aromatic rings. The molecule has 0 bridgehead atoms. The first kappa shape index (κ1) is 16.9. The SMILES string of the molecule is CC(C)C1=NN(c2ccc(C(F)(F)F)cn2)C(=O)C(C(=O)O)C1. The Morgan fingerprint density at radius 3 is 2.48 bits per heavy atom. The third-order valence-electron chi connectivity index (χ3n) is 3.41. The molecule has 1 aliphatic heterocycles. The Labute approximate surface area is 129 Å². The van der Waals surface area contributed by atoms with E-state index in [1.54, 1.807) is 13.8 Å². The van der Waals surface area contributed by atoms with Crippen LogP contribution in [-0.2, 0) is 15.8 Å². The highest BCUT2D eigenvalue weighted by Crippen LogP contribution is 2.30. The van der Waals surface area contributed by atoms with Gasteiger partial charge in [0, 0.05) is 18.3 Å². The van der Waals surface area contributed by atoms with E-state index in [4.69, 9.17) is 5.11 Å². The van der Waals surface area contributed by atoms with Crippen molar-refractivity contribution in [2.24, 2.45) is 16.9 Å². The van der Waals surface area contributed by atoms with Gasteiger partial charge in [-0.05, 0) is 18.1 Å². The molecule has 124 valence electrons. The molecule has 0 fully saturated rings. The summed E-state index contributed by atoms with van der Waals surface area (Å²) in [5, 5.41) is 14.0. The Balaban J connectivity index is 2.41. The number of carboxylic acids is 1. The lowest BCUT2D eigenvalue weighted by Gasteiger charge is -2.28. The number of hydrogen-bond acceptors (Lipinski definition) is 4. The molecule has 2 heterocycles. The molecule has 1 amide bonds. The number of halogens is 3. The van der Waals surface area contributed by atoms with Gasteiger partial charge in [0.05, 0.1) is 5.56 Å². The quantitative estimate of drug-likeness (QED) is 0.864. The van der Waals surface area contributed by atoms with E-state index >= 15 is 0 Å². The first-order valence-electron chi connectivity index (χ1n) is 6.78. The van der Waals surface area contributed by atoms with Crippen LogP contribution in [0.5, 0.6) is 0 Å². The number of anilines is 1. The van der Waals surface area contributed by atoms with Crippen molar-refractivity contribution in [2.45, 2.75) is 26.4 Å². The molecule has 0 saturated carbocycles. The van der Waals surface area contributed by atoms with E-state index in [0.29, 0.717) is 11.9 Å². The normalized spacial score (nSPS) is 19.0. The highest BCUT2D eigenvalue weighted by molar-refractivity contribution is 6.11. The van der Waals surface area contributed by atoms with Crippen molar-refractivity contribution < 1.29 is 27.9 Å². The largest absolute Gasteiger partial charge is 0.481 e. The van der Waals surface area contributed by atoms with Crippen molar-refractivity contribution in [3.8, 4) is 0 Å². The molecule has 0 aliphatic carbocycles. The number of amides is 1. The Kier molecular flexibility index (Phi) is 4.39. The van der Waals surface area contributed by atoms with Gasteiger partial charge in [0.2, 0.25) is 0 Å². The molecule has 9 heteroatoms. The lowest BCUT2D eigenvalue weighted by Crippen LogP contribution is -2.43. The average molecular weight is 329 g/mol. The smallest absolute Gasteiger partial charge is 0.417 e. The number of carbonyl (C=O) groups is 2. The van der Waals surface area contributed by atoms with Crippen LogP contribution in [0.25, 0.3) is 0 Å². The molecule has 0 aromatic carbocycles. The van der Waals surface area contributed by atoms with Crippen LogP contribution in [0.2, 0.25) is 0 Å². The Hall–Kier alpha value is -2.45. The maximum atomic E-state index is 12.5. The van der Waals surface area contributed by atoms with Gasteiger partial charge in [-0.1, -0.05) is 13.8 Å². The lowest BCUT2D eigenvalue weighted by molar-refractivity contribution is -0.146. The zero-order valence-corrected chi connectivity index (χ0v) is 12.3. The Bertz CT molecular complexity index is 653. The van der Waals surface area contributed by atoms with Gasteiger partial charge in [0.1, 0.15) is 5.92 Å². The maximum absolute atomic E-state index is 12.5. The third kappa shape index (κ3) is 3.49. The van der Waals surface area contributed by atoms with Crippen molar-refractivity contribution in [1.82, 2.24) is 4.98 Å². The zero-order chi connectivity index (χ0) is 17.4. The predicted octanol–water partition coefficient (Wildman–Crippen LogP) is 2.55. The van der Waals surface area contributed by atoms with Gasteiger partial charge in [0.25, 0.3) is 5.91 Å². The Morgan fingerprint density at radius 1 is 1.39 bits per heavy atom. The number of carbonyl (C=O) groups excluding carboxylic acids is 1. The van der Waals surface area contributed by atoms with Crippen molar-refractivity contribution in [3.05, 3.63) is 23.9 Å². The minimum absolute atomic E-state index is 0.0248. The second-order valence-corrected chi connectivity index (χ2v) is 5.39. The van der Waals surface area contributed by atoms with Crippen LogP contribution in [0.3, 0.4) is 0 Å². The molecule has 6 nitrogen and oxygen atoms in total. The minimum Gasteiger partial charge on any atom is -0.481 e. The van der Waals surface area contributed by atoms with Crippen molar-refractivity contribution in [1.29, 1.82) is 0 Å². The fourth-order valence-corrected chi connectivity index (χ4v) is 2.05. The van der Waals surface area contributed by atoms with Gasteiger partial charge in [-0.3, -0.25) is 9.59 Å². The zero-order valence-electron chi connectivity index (χ0n) is 12.3. The summed E-state index contributed by atoms with van der Waals surface area (Å²) in [6.07, 6.45) is -3.99. The highest BCUT2D eigenvalue weighted by atomic mass is 19.4. The van der Waals surface area contributed by atoms with Crippen LogP contribution in [-0.4, -0.2) is 27.7 Å². The van der Waals surface area contributed by atoms with Gasteiger partial charge in [0.15, 0.2) is 5.82 Å². The standard InChI is InChI=1S/C14H14F3N3O3/c1-7(2)10-5-9(13(22)23)12(21)20(19-10)11-4-3-8(6-18-11)14(15,16)17/h3-4,6-7,9H,5H2,1-2H3,(H,22,23). The molecule has 2 rings (SSSR count). The average Bonchev–Trinajstić information content (AvgIpc) is 2.46. The van der Waals surface area contributed by atoms with Crippen LogP contribution in [0, 0.1) is 11.8 Å². The Morgan fingerprint density at radius 2 is 2.04 bits per heavy atom. The van der Waals surface area contributed by atoms with E-state index in [1.165, 1.54) is 0 Å². The van der Waals surface area contributed by atoms with Crippen LogP contribution < -0.4 is 5.01 Å². The molecule has 1 aliphatic rings. The summed E-state index contributed by atoms with van der Waals surface area (Å²) in [6, 6.07) is 1.76. The monoisotopic (exact) mass is 329 g/mol. The number of carboxylic acid groups (broad SMARTS) is 1. The van der Waals surface area contributed by atoms with Gasteiger partial charge in [-0.15, -0.1) is 0 Å². The molecule has 1 N–H and O–H groups in total. The second-order valence-electron chi connectivity index (χ2n) is 5.39. The first-order chi connectivity index (χ1) is 10.6. The molecule has 23 heavy (non-hydrogen) atoms. The molecular formula is C14H14F3N3O3. The summed E-state index contributed by atoms with van der Waals surface area (Å²) < 4.78 is 37.6. The number of aliphatic carboxylic acids is 1. The van der Waals surface area contributed by atoms with E-state index in [-0.39, 0.29) is 18.2 Å². The molecule has 0 radical (unpaired) electrons. The van der Waals surface area contributed by atoms with E-state index in [1.807, 2.05) is 0 Å².